The molecule has 4 rings (SSSR count). The number of rotatable bonds is 3. The third-order valence-corrected chi connectivity index (χ3v) is 5.65. The largest absolute Gasteiger partial charge is 0.394 e. The molecule has 3 aliphatic rings. The average Bonchev–Trinajstić information content (AvgIpc) is 2.58. The highest BCUT2D eigenvalue weighted by atomic mass is 16.5. The van der Waals surface area contributed by atoms with E-state index in [0.717, 1.165) is 19.6 Å². The summed E-state index contributed by atoms with van der Waals surface area (Å²) in [5.74, 6) is 0.376. The van der Waals surface area contributed by atoms with Crippen LogP contribution in [-0.4, -0.2) is 85.9 Å². The SMILES string of the molecule is CN1C[C@@H]2[C@H](c3ccccc31)[C@@H](CO)N2C(=O)CN1CCOCC1. The number of likely N-dealkylation sites (N-methyl/N-ethyl adjacent to an activating group) is 1. The highest BCUT2D eigenvalue weighted by molar-refractivity contribution is 5.81. The summed E-state index contributed by atoms with van der Waals surface area (Å²) in [6.07, 6.45) is 0. The number of amides is 1. The number of hydrogen-bond donors (Lipinski definition) is 1. The van der Waals surface area contributed by atoms with Crippen LogP contribution in [0.1, 0.15) is 11.5 Å². The molecule has 130 valence electrons. The molecular formula is C18H25N3O3. The van der Waals surface area contributed by atoms with E-state index >= 15 is 0 Å². The number of aliphatic hydroxyl groups is 1. The molecule has 0 saturated carbocycles. The van der Waals surface area contributed by atoms with Crippen molar-refractivity contribution in [3.05, 3.63) is 29.8 Å². The molecule has 2 saturated heterocycles. The number of ether oxygens (including phenoxy) is 1. The smallest absolute Gasteiger partial charge is 0.237 e. The van der Waals surface area contributed by atoms with E-state index in [4.69, 9.17) is 4.74 Å². The van der Waals surface area contributed by atoms with E-state index in [1.165, 1.54) is 11.3 Å². The van der Waals surface area contributed by atoms with E-state index in [2.05, 4.69) is 29.0 Å². The van der Waals surface area contributed by atoms with Crippen LogP contribution in [0.3, 0.4) is 0 Å². The standard InChI is InChI=1S/C18H25N3O3/c1-19-10-15-18(13-4-2-3-5-14(13)19)16(12-22)21(15)17(23)11-20-6-8-24-9-7-20/h2-5,15-16,18,22H,6-12H2,1H3/t15-,16-,18+/m1/s1. The molecule has 0 aliphatic carbocycles. The van der Waals surface area contributed by atoms with Gasteiger partial charge in [0.25, 0.3) is 0 Å². The van der Waals surface area contributed by atoms with Crippen LogP contribution in [0, 0.1) is 0 Å². The lowest BCUT2D eigenvalue weighted by molar-refractivity contribution is -0.152. The quantitative estimate of drug-likeness (QED) is 0.853. The monoisotopic (exact) mass is 331 g/mol. The fraction of sp³-hybridized carbons (Fsp3) is 0.611. The van der Waals surface area contributed by atoms with Gasteiger partial charge in [0.15, 0.2) is 0 Å². The first-order chi connectivity index (χ1) is 11.7. The molecule has 0 aromatic heterocycles. The van der Waals surface area contributed by atoms with Crippen molar-refractivity contribution in [3.63, 3.8) is 0 Å². The Morgan fingerprint density at radius 3 is 2.79 bits per heavy atom. The number of hydrogen-bond acceptors (Lipinski definition) is 5. The molecule has 0 spiro atoms. The van der Waals surface area contributed by atoms with E-state index in [1.807, 2.05) is 17.0 Å². The number of para-hydroxylation sites is 1. The van der Waals surface area contributed by atoms with Crippen LogP contribution < -0.4 is 4.90 Å². The van der Waals surface area contributed by atoms with Crippen LogP contribution in [-0.2, 0) is 9.53 Å². The van der Waals surface area contributed by atoms with Crippen molar-refractivity contribution in [1.82, 2.24) is 9.80 Å². The van der Waals surface area contributed by atoms with Crippen molar-refractivity contribution >= 4 is 11.6 Å². The summed E-state index contributed by atoms with van der Waals surface area (Å²) in [4.78, 5) is 19.1. The first kappa shape index (κ1) is 15.9. The van der Waals surface area contributed by atoms with Gasteiger partial charge < -0.3 is 19.6 Å². The molecule has 3 aliphatic heterocycles. The maximum Gasteiger partial charge on any atom is 0.237 e. The highest BCUT2D eigenvalue weighted by Gasteiger charge is 2.54. The molecule has 24 heavy (non-hydrogen) atoms. The van der Waals surface area contributed by atoms with Crippen LogP contribution >= 0.6 is 0 Å². The molecule has 1 aromatic carbocycles. The summed E-state index contributed by atoms with van der Waals surface area (Å²) in [5.41, 5.74) is 2.48. The Labute approximate surface area is 142 Å². The van der Waals surface area contributed by atoms with E-state index in [0.29, 0.717) is 19.8 Å². The van der Waals surface area contributed by atoms with Crippen molar-refractivity contribution in [2.45, 2.75) is 18.0 Å². The zero-order valence-electron chi connectivity index (χ0n) is 14.1. The lowest BCUT2D eigenvalue weighted by Crippen LogP contribution is -2.71. The number of nitrogens with zero attached hydrogens (tertiary/aromatic N) is 3. The Morgan fingerprint density at radius 1 is 1.29 bits per heavy atom. The van der Waals surface area contributed by atoms with Crippen molar-refractivity contribution in [2.24, 2.45) is 0 Å². The number of fused-ring (bicyclic) bond motifs is 3. The van der Waals surface area contributed by atoms with Crippen molar-refractivity contribution in [2.75, 3.05) is 57.9 Å². The second kappa shape index (κ2) is 6.35. The topological polar surface area (TPSA) is 56.2 Å². The minimum Gasteiger partial charge on any atom is -0.394 e. The van der Waals surface area contributed by atoms with Gasteiger partial charge in [0, 0.05) is 38.3 Å². The van der Waals surface area contributed by atoms with Gasteiger partial charge in [0.1, 0.15) is 0 Å². The first-order valence-corrected chi connectivity index (χ1v) is 8.73. The van der Waals surface area contributed by atoms with E-state index in [9.17, 15) is 9.90 Å². The van der Waals surface area contributed by atoms with Gasteiger partial charge in [-0.1, -0.05) is 18.2 Å². The van der Waals surface area contributed by atoms with Gasteiger partial charge in [0.2, 0.25) is 5.91 Å². The lowest BCUT2D eigenvalue weighted by Gasteiger charge is -2.59. The summed E-state index contributed by atoms with van der Waals surface area (Å²) in [7, 11) is 2.08. The first-order valence-electron chi connectivity index (χ1n) is 8.73. The fourth-order valence-corrected chi connectivity index (χ4v) is 4.46. The number of carbonyl (C=O) groups excluding carboxylic acids is 1. The minimum atomic E-state index is -0.0987. The maximum atomic E-state index is 12.9. The van der Waals surface area contributed by atoms with Gasteiger partial charge >= 0.3 is 0 Å². The number of aliphatic hydroxyl groups excluding tert-OH is 1. The van der Waals surface area contributed by atoms with Crippen LogP contribution in [0.2, 0.25) is 0 Å². The molecule has 1 amide bonds. The number of likely N-dealkylation sites (tertiary alicyclic amines) is 1. The average molecular weight is 331 g/mol. The lowest BCUT2D eigenvalue weighted by atomic mass is 9.72. The summed E-state index contributed by atoms with van der Waals surface area (Å²) < 4.78 is 5.35. The van der Waals surface area contributed by atoms with Gasteiger partial charge in [-0.3, -0.25) is 9.69 Å². The Kier molecular flexibility index (Phi) is 4.20. The van der Waals surface area contributed by atoms with Gasteiger partial charge in [-0.25, -0.2) is 0 Å². The van der Waals surface area contributed by atoms with Crippen LogP contribution in [0.4, 0.5) is 5.69 Å². The van der Waals surface area contributed by atoms with Crippen molar-refractivity contribution in [3.8, 4) is 0 Å². The number of benzene rings is 1. The number of carbonyl (C=O) groups is 1. The number of morpholine rings is 1. The summed E-state index contributed by atoms with van der Waals surface area (Å²) in [6.45, 7) is 4.27. The molecule has 0 bridgehead atoms. The normalized spacial score (nSPS) is 29.7. The minimum absolute atomic E-state index is 0.0219. The number of anilines is 1. The maximum absolute atomic E-state index is 12.9. The molecule has 0 radical (unpaired) electrons. The van der Waals surface area contributed by atoms with E-state index in [-0.39, 0.29) is 30.5 Å². The highest BCUT2D eigenvalue weighted by Crippen LogP contribution is 2.47. The molecule has 0 unspecified atom stereocenters. The third-order valence-electron chi connectivity index (χ3n) is 5.65. The Bertz CT molecular complexity index is 617. The Morgan fingerprint density at radius 2 is 2.04 bits per heavy atom. The van der Waals surface area contributed by atoms with Gasteiger partial charge in [-0.05, 0) is 11.6 Å². The second-order valence-electron chi connectivity index (χ2n) is 6.97. The Hall–Kier alpha value is -1.63. The van der Waals surface area contributed by atoms with Crippen molar-refractivity contribution in [1.29, 1.82) is 0 Å². The zero-order valence-corrected chi connectivity index (χ0v) is 14.1. The van der Waals surface area contributed by atoms with Crippen LogP contribution in [0.15, 0.2) is 24.3 Å². The predicted octanol–water partition coefficient (Wildman–Crippen LogP) is 0.124. The van der Waals surface area contributed by atoms with Crippen LogP contribution in [0.25, 0.3) is 0 Å². The third kappa shape index (κ3) is 2.49. The van der Waals surface area contributed by atoms with Gasteiger partial charge in [0.05, 0.1) is 38.4 Å². The van der Waals surface area contributed by atoms with Crippen LogP contribution in [0.5, 0.6) is 0 Å². The van der Waals surface area contributed by atoms with Crippen molar-refractivity contribution < 1.29 is 14.6 Å². The molecule has 1 N–H and O–H groups in total. The Balaban J connectivity index is 1.53. The molecule has 1 aromatic rings. The predicted molar refractivity (Wildman–Crippen MR) is 91.2 cm³/mol. The zero-order chi connectivity index (χ0) is 16.7. The molecule has 6 heteroatoms. The van der Waals surface area contributed by atoms with Gasteiger partial charge in [-0.15, -0.1) is 0 Å². The summed E-state index contributed by atoms with van der Waals surface area (Å²) in [5, 5.41) is 9.90. The summed E-state index contributed by atoms with van der Waals surface area (Å²) in [6, 6.07) is 8.41. The second-order valence-corrected chi connectivity index (χ2v) is 6.97. The molecule has 3 heterocycles. The molecule has 2 fully saturated rings. The fourth-order valence-electron chi connectivity index (χ4n) is 4.46. The van der Waals surface area contributed by atoms with E-state index in [1.54, 1.807) is 0 Å². The van der Waals surface area contributed by atoms with E-state index < -0.39 is 0 Å². The van der Waals surface area contributed by atoms with Gasteiger partial charge in [-0.2, -0.15) is 0 Å². The summed E-state index contributed by atoms with van der Waals surface area (Å²) >= 11 is 0. The molecular weight excluding hydrogens is 306 g/mol. The molecule has 3 atom stereocenters. The molecule has 6 nitrogen and oxygen atoms in total.